The standard InChI is InChI=1S/C13H11N3OS/c14-8-3-1-7(2-4-8)13-16-10-5-9(15)11(17)6-12(10)18-13/h1-6,17H,14-15H2. The summed E-state index contributed by atoms with van der Waals surface area (Å²) in [6, 6.07) is 10.9. The van der Waals surface area contributed by atoms with Crippen LogP contribution < -0.4 is 11.5 Å². The molecule has 0 spiro atoms. The van der Waals surface area contributed by atoms with E-state index in [2.05, 4.69) is 4.98 Å². The van der Waals surface area contributed by atoms with Crippen LogP contribution in [0.1, 0.15) is 0 Å². The highest BCUT2D eigenvalue weighted by Crippen LogP contribution is 2.34. The van der Waals surface area contributed by atoms with E-state index >= 15 is 0 Å². The second kappa shape index (κ2) is 3.89. The average molecular weight is 257 g/mol. The van der Waals surface area contributed by atoms with E-state index in [0.29, 0.717) is 5.69 Å². The van der Waals surface area contributed by atoms with Crippen LogP contribution in [0.25, 0.3) is 20.8 Å². The first-order chi connectivity index (χ1) is 8.63. The van der Waals surface area contributed by atoms with Crippen LogP contribution in [0, 0.1) is 0 Å². The van der Waals surface area contributed by atoms with Gasteiger partial charge in [0.15, 0.2) is 0 Å². The molecule has 3 rings (SSSR count). The van der Waals surface area contributed by atoms with Crippen molar-refractivity contribution < 1.29 is 5.11 Å². The molecular formula is C13H11N3OS. The predicted octanol–water partition coefficient (Wildman–Crippen LogP) is 2.83. The van der Waals surface area contributed by atoms with Crippen molar-refractivity contribution in [2.24, 2.45) is 0 Å². The molecule has 1 aromatic heterocycles. The van der Waals surface area contributed by atoms with Crippen molar-refractivity contribution in [1.82, 2.24) is 4.98 Å². The van der Waals surface area contributed by atoms with Gasteiger partial charge in [0, 0.05) is 17.3 Å². The number of rotatable bonds is 1. The summed E-state index contributed by atoms with van der Waals surface area (Å²) in [5.74, 6) is 0.0926. The molecule has 0 saturated heterocycles. The van der Waals surface area contributed by atoms with Crippen LogP contribution in [0.2, 0.25) is 0 Å². The predicted molar refractivity (Wildman–Crippen MR) is 75.5 cm³/mol. The lowest BCUT2D eigenvalue weighted by molar-refractivity contribution is 0.479. The number of aromatic hydroxyl groups is 1. The molecule has 90 valence electrons. The Hall–Kier alpha value is -2.27. The minimum atomic E-state index is 0.0926. The van der Waals surface area contributed by atoms with Crippen molar-refractivity contribution in [2.75, 3.05) is 11.5 Å². The highest BCUT2D eigenvalue weighted by atomic mass is 32.1. The topological polar surface area (TPSA) is 85.2 Å². The van der Waals surface area contributed by atoms with E-state index in [1.807, 2.05) is 24.3 Å². The van der Waals surface area contributed by atoms with Crippen molar-refractivity contribution >= 4 is 32.9 Å². The SMILES string of the molecule is Nc1ccc(-c2nc3cc(N)c(O)cc3s2)cc1. The normalized spacial score (nSPS) is 10.9. The third kappa shape index (κ3) is 1.74. The molecule has 5 heteroatoms. The molecule has 0 aliphatic rings. The van der Waals surface area contributed by atoms with Crippen molar-refractivity contribution in [3.05, 3.63) is 36.4 Å². The van der Waals surface area contributed by atoms with E-state index < -0.39 is 0 Å². The fourth-order valence-corrected chi connectivity index (χ4v) is 2.71. The number of hydrogen-bond acceptors (Lipinski definition) is 5. The summed E-state index contributed by atoms with van der Waals surface area (Å²) in [7, 11) is 0. The van der Waals surface area contributed by atoms with Crippen LogP contribution in [-0.4, -0.2) is 10.1 Å². The van der Waals surface area contributed by atoms with Gasteiger partial charge in [-0.05, 0) is 30.3 Å². The van der Waals surface area contributed by atoms with Crippen LogP contribution >= 0.6 is 11.3 Å². The lowest BCUT2D eigenvalue weighted by Crippen LogP contribution is -1.85. The molecule has 0 aliphatic heterocycles. The van der Waals surface area contributed by atoms with Gasteiger partial charge < -0.3 is 16.6 Å². The van der Waals surface area contributed by atoms with E-state index in [9.17, 15) is 5.11 Å². The number of nitrogens with two attached hydrogens (primary N) is 2. The Morgan fingerprint density at radius 1 is 1.06 bits per heavy atom. The third-order valence-electron chi connectivity index (χ3n) is 2.69. The zero-order valence-electron chi connectivity index (χ0n) is 9.42. The van der Waals surface area contributed by atoms with Crippen molar-refractivity contribution in [1.29, 1.82) is 0 Å². The number of phenols is 1. The minimum Gasteiger partial charge on any atom is -0.506 e. The number of phenolic OH excluding ortho intramolecular Hbond substituents is 1. The maximum Gasteiger partial charge on any atom is 0.140 e. The van der Waals surface area contributed by atoms with Gasteiger partial charge in [0.1, 0.15) is 10.8 Å². The van der Waals surface area contributed by atoms with Gasteiger partial charge in [0.2, 0.25) is 0 Å². The van der Waals surface area contributed by atoms with Crippen molar-refractivity contribution in [2.45, 2.75) is 0 Å². The summed E-state index contributed by atoms with van der Waals surface area (Å²) in [6.07, 6.45) is 0. The first-order valence-corrected chi connectivity index (χ1v) is 6.20. The molecule has 0 aliphatic carbocycles. The molecule has 1 heterocycles. The number of benzene rings is 2. The molecule has 0 fully saturated rings. The fourth-order valence-electron chi connectivity index (χ4n) is 1.73. The molecule has 0 saturated carbocycles. The lowest BCUT2D eigenvalue weighted by atomic mass is 10.2. The molecule has 0 bridgehead atoms. The quantitative estimate of drug-likeness (QED) is 0.462. The molecule has 5 N–H and O–H groups in total. The van der Waals surface area contributed by atoms with Gasteiger partial charge in [0.05, 0.1) is 15.9 Å². The first-order valence-electron chi connectivity index (χ1n) is 5.38. The number of nitrogen functional groups attached to an aromatic ring is 2. The summed E-state index contributed by atoms with van der Waals surface area (Å²) >= 11 is 1.51. The molecule has 0 amide bonds. The number of aromatic nitrogens is 1. The second-order valence-corrected chi connectivity index (χ2v) is 5.05. The summed E-state index contributed by atoms with van der Waals surface area (Å²) in [5.41, 5.74) is 14.2. The average Bonchev–Trinajstić information content (AvgIpc) is 2.73. The molecule has 18 heavy (non-hydrogen) atoms. The van der Waals surface area contributed by atoms with Gasteiger partial charge in [-0.2, -0.15) is 0 Å². The van der Waals surface area contributed by atoms with Crippen LogP contribution in [0.15, 0.2) is 36.4 Å². The Balaban J connectivity index is 2.16. The Morgan fingerprint density at radius 2 is 1.78 bits per heavy atom. The van der Waals surface area contributed by atoms with Gasteiger partial charge >= 0.3 is 0 Å². The highest BCUT2D eigenvalue weighted by Gasteiger charge is 2.08. The van der Waals surface area contributed by atoms with Crippen LogP contribution in [0.4, 0.5) is 11.4 Å². The van der Waals surface area contributed by atoms with E-state index in [4.69, 9.17) is 11.5 Å². The third-order valence-corrected chi connectivity index (χ3v) is 3.76. The van der Waals surface area contributed by atoms with Crippen molar-refractivity contribution in [3.8, 4) is 16.3 Å². The number of anilines is 2. The van der Waals surface area contributed by atoms with Gasteiger partial charge in [-0.25, -0.2) is 4.98 Å². The van der Waals surface area contributed by atoms with Crippen LogP contribution in [0.5, 0.6) is 5.75 Å². The molecule has 3 aromatic rings. The largest absolute Gasteiger partial charge is 0.506 e. The van der Waals surface area contributed by atoms with Gasteiger partial charge in [-0.1, -0.05) is 0 Å². The number of thiazole rings is 1. The number of nitrogens with zero attached hydrogens (tertiary/aromatic N) is 1. The van der Waals surface area contributed by atoms with E-state index in [1.165, 1.54) is 11.3 Å². The Morgan fingerprint density at radius 3 is 2.50 bits per heavy atom. The van der Waals surface area contributed by atoms with Gasteiger partial charge in [-0.15, -0.1) is 11.3 Å². The maximum absolute atomic E-state index is 9.57. The Labute approximate surface area is 108 Å². The zero-order chi connectivity index (χ0) is 12.7. The van der Waals surface area contributed by atoms with Gasteiger partial charge in [0.25, 0.3) is 0 Å². The summed E-state index contributed by atoms with van der Waals surface area (Å²) in [5, 5.41) is 10.5. The summed E-state index contributed by atoms with van der Waals surface area (Å²) < 4.78 is 0.911. The molecule has 2 aromatic carbocycles. The summed E-state index contributed by atoms with van der Waals surface area (Å²) in [6.45, 7) is 0. The highest BCUT2D eigenvalue weighted by molar-refractivity contribution is 7.21. The Bertz CT molecular complexity index is 680. The Kier molecular flexibility index (Phi) is 2.34. The lowest BCUT2D eigenvalue weighted by Gasteiger charge is -1.96. The second-order valence-electron chi connectivity index (χ2n) is 4.02. The fraction of sp³-hybridized carbons (Fsp3) is 0. The van der Waals surface area contributed by atoms with E-state index in [1.54, 1.807) is 12.1 Å². The minimum absolute atomic E-state index is 0.0926. The smallest absolute Gasteiger partial charge is 0.140 e. The number of hydrogen-bond donors (Lipinski definition) is 3. The molecular weight excluding hydrogens is 246 g/mol. The molecule has 0 radical (unpaired) electrons. The van der Waals surface area contributed by atoms with E-state index in [-0.39, 0.29) is 5.75 Å². The molecule has 0 atom stereocenters. The monoisotopic (exact) mass is 257 g/mol. The van der Waals surface area contributed by atoms with Crippen LogP contribution in [-0.2, 0) is 0 Å². The van der Waals surface area contributed by atoms with Crippen LogP contribution in [0.3, 0.4) is 0 Å². The number of fused-ring (bicyclic) bond motifs is 1. The van der Waals surface area contributed by atoms with Crippen molar-refractivity contribution in [3.63, 3.8) is 0 Å². The maximum atomic E-state index is 9.57. The van der Waals surface area contributed by atoms with E-state index in [0.717, 1.165) is 26.5 Å². The summed E-state index contributed by atoms with van der Waals surface area (Å²) in [4.78, 5) is 4.50. The molecule has 0 unspecified atom stereocenters. The van der Waals surface area contributed by atoms with Gasteiger partial charge in [-0.3, -0.25) is 0 Å². The molecule has 4 nitrogen and oxygen atoms in total. The zero-order valence-corrected chi connectivity index (χ0v) is 10.2. The first kappa shape index (κ1) is 10.9.